The van der Waals surface area contributed by atoms with Crippen LogP contribution in [0.15, 0.2) is 0 Å². The number of anilines is 1. The van der Waals surface area contributed by atoms with Crippen molar-refractivity contribution < 1.29 is 13.2 Å². The Hall–Kier alpha value is -1.45. The van der Waals surface area contributed by atoms with Crippen LogP contribution in [0.3, 0.4) is 0 Å². The average molecular weight is 273 g/mol. The van der Waals surface area contributed by atoms with Crippen molar-refractivity contribution in [2.45, 2.75) is 13.0 Å². The van der Waals surface area contributed by atoms with Crippen LogP contribution in [-0.4, -0.2) is 53.9 Å². The Bertz CT molecular complexity index is 577. The molecule has 2 rings (SSSR count). The number of carbonyl (C=O) groups is 1. The molecular formula is C9H15N5O3S. The van der Waals surface area contributed by atoms with Gasteiger partial charge in [0.2, 0.25) is 6.41 Å². The fourth-order valence-corrected chi connectivity index (χ4v) is 2.99. The highest BCUT2D eigenvalue weighted by Crippen LogP contribution is 2.25. The Morgan fingerprint density at radius 2 is 2.11 bits per heavy atom. The van der Waals surface area contributed by atoms with Gasteiger partial charge in [-0.15, -0.1) is 0 Å². The summed E-state index contributed by atoms with van der Waals surface area (Å²) in [6.07, 6.45) is 0.973. The molecule has 0 radical (unpaired) electrons. The normalized spacial score (nSPS) is 16.8. The molecule has 1 aliphatic heterocycles. The van der Waals surface area contributed by atoms with Gasteiger partial charge < -0.3 is 5.73 Å². The third-order valence-electron chi connectivity index (χ3n) is 2.96. The maximum absolute atomic E-state index is 12.0. The van der Waals surface area contributed by atoms with Crippen molar-refractivity contribution in [3.05, 3.63) is 11.3 Å². The fraction of sp³-hybridized carbons (Fsp3) is 0.556. The van der Waals surface area contributed by atoms with Gasteiger partial charge in [-0.25, -0.2) is 0 Å². The highest BCUT2D eigenvalue weighted by atomic mass is 32.2. The second kappa shape index (κ2) is 4.34. The maximum atomic E-state index is 12.0. The van der Waals surface area contributed by atoms with Crippen LogP contribution in [0.1, 0.15) is 11.3 Å². The largest absolute Gasteiger partial charge is 0.383 e. The van der Waals surface area contributed by atoms with Gasteiger partial charge in [-0.05, 0) is 6.42 Å². The lowest BCUT2D eigenvalue weighted by molar-refractivity contribution is 0.355. The predicted molar refractivity (Wildman–Crippen MR) is 65.5 cm³/mol. The number of aromatic nitrogens is 2. The standard InChI is InChI=1S/C9H15N5O3S/c1-12(2)18(16,17)13-4-3-7-8(5-13)11-14(6-15)9(7)10/h6H,3-5,10H2,1-2H3. The van der Waals surface area contributed by atoms with E-state index in [4.69, 9.17) is 5.73 Å². The molecular weight excluding hydrogens is 258 g/mol. The second-order valence-corrected chi connectivity index (χ2v) is 6.38. The van der Waals surface area contributed by atoms with Gasteiger partial charge >= 0.3 is 0 Å². The first-order valence-electron chi connectivity index (χ1n) is 5.36. The van der Waals surface area contributed by atoms with Crippen LogP contribution in [0.25, 0.3) is 0 Å². The number of carbonyl (C=O) groups excluding carboxylic acids is 1. The van der Waals surface area contributed by atoms with Crippen LogP contribution in [0.2, 0.25) is 0 Å². The molecule has 1 aromatic rings. The van der Waals surface area contributed by atoms with E-state index in [1.165, 1.54) is 18.4 Å². The van der Waals surface area contributed by atoms with E-state index in [0.717, 1.165) is 14.6 Å². The summed E-state index contributed by atoms with van der Waals surface area (Å²) in [6, 6.07) is 0. The number of nitrogens with zero attached hydrogens (tertiary/aromatic N) is 4. The summed E-state index contributed by atoms with van der Waals surface area (Å²) in [7, 11) is -0.514. The molecule has 9 heteroatoms. The molecule has 1 aromatic heterocycles. The summed E-state index contributed by atoms with van der Waals surface area (Å²) < 4.78 is 27.5. The second-order valence-electron chi connectivity index (χ2n) is 4.23. The molecule has 0 atom stereocenters. The Balaban J connectivity index is 2.34. The number of hydrogen-bond acceptors (Lipinski definition) is 5. The maximum Gasteiger partial charge on any atom is 0.281 e. The van der Waals surface area contributed by atoms with Gasteiger partial charge in [-0.1, -0.05) is 0 Å². The lowest BCUT2D eigenvalue weighted by Crippen LogP contribution is -2.42. The molecule has 0 saturated heterocycles. The minimum atomic E-state index is -3.46. The number of fused-ring (bicyclic) bond motifs is 1. The SMILES string of the molecule is CN(C)S(=O)(=O)N1CCc2c(nn(C=O)c2N)C1. The van der Waals surface area contributed by atoms with E-state index in [2.05, 4.69) is 5.10 Å². The van der Waals surface area contributed by atoms with E-state index in [9.17, 15) is 13.2 Å². The quantitative estimate of drug-likeness (QED) is 0.687. The summed E-state index contributed by atoms with van der Waals surface area (Å²) in [5, 5.41) is 3.99. The van der Waals surface area contributed by atoms with E-state index < -0.39 is 10.2 Å². The van der Waals surface area contributed by atoms with Gasteiger partial charge in [0, 0.05) is 26.2 Å². The minimum Gasteiger partial charge on any atom is -0.383 e. The molecule has 100 valence electrons. The van der Waals surface area contributed by atoms with Crippen molar-refractivity contribution in [3.63, 3.8) is 0 Å². The number of nitrogens with two attached hydrogens (primary N) is 1. The van der Waals surface area contributed by atoms with E-state index >= 15 is 0 Å². The lowest BCUT2D eigenvalue weighted by atomic mass is 10.1. The summed E-state index contributed by atoms with van der Waals surface area (Å²) in [4.78, 5) is 10.7. The van der Waals surface area contributed by atoms with Crippen LogP contribution in [0.4, 0.5) is 5.82 Å². The highest BCUT2D eigenvalue weighted by molar-refractivity contribution is 7.86. The van der Waals surface area contributed by atoms with Crippen LogP contribution in [-0.2, 0) is 28.0 Å². The van der Waals surface area contributed by atoms with E-state index in [0.29, 0.717) is 30.9 Å². The van der Waals surface area contributed by atoms with Crippen molar-refractivity contribution in [2.75, 3.05) is 26.4 Å². The molecule has 2 N–H and O–H groups in total. The smallest absolute Gasteiger partial charge is 0.281 e. The molecule has 0 fully saturated rings. The third-order valence-corrected chi connectivity index (χ3v) is 4.84. The third kappa shape index (κ3) is 1.89. The molecule has 0 unspecified atom stereocenters. The number of nitrogen functional groups attached to an aromatic ring is 1. The van der Waals surface area contributed by atoms with Crippen LogP contribution in [0.5, 0.6) is 0 Å². The van der Waals surface area contributed by atoms with Crippen molar-refractivity contribution >= 4 is 22.4 Å². The lowest BCUT2D eigenvalue weighted by Gasteiger charge is -2.27. The first-order valence-corrected chi connectivity index (χ1v) is 6.76. The van der Waals surface area contributed by atoms with Gasteiger partial charge in [0.15, 0.2) is 0 Å². The van der Waals surface area contributed by atoms with Crippen molar-refractivity contribution in [2.24, 2.45) is 0 Å². The minimum absolute atomic E-state index is 0.140. The molecule has 0 amide bonds. The van der Waals surface area contributed by atoms with Gasteiger partial charge in [0.1, 0.15) is 5.82 Å². The molecule has 8 nitrogen and oxygen atoms in total. The summed E-state index contributed by atoms with van der Waals surface area (Å²) in [5.74, 6) is 0.293. The van der Waals surface area contributed by atoms with Gasteiger partial charge in [-0.2, -0.15) is 26.8 Å². The fourth-order valence-electron chi connectivity index (χ4n) is 1.92. The Kier molecular flexibility index (Phi) is 3.13. The molecule has 0 spiro atoms. The number of rotatable bonds is 3. The van der Waals surface area contributed by atoms with Gasteiger partial charge in [-0.3, -0.25) is 4.79 Å². The summed E-state index contributed by atoms with van der Waals surface area (Å²) >= 11 is 0. The predicted octanol–water partition coefficient (Wildman–Crippen LogP) is -1.33. The van der Waals surface area contributed by atoms with Crippen molar-refractivity contribution in [3.8, 4) is 0 Å². The molecule has 0 bridgehead atoms. The zero-order chi connectivity index (χ0) is 13.5. The first-order chi connectivity index (χ1) is 8.37. The zero-order valence-electron chi connectivity index (χ0n) is 10.2. The van der Waals surface area contributed by atoms with Gasteiger partial charge in [0.25, 0.3) is 10.2 Å². The van der Waals surface area contributed by atoms with Gasteiger partial charge in [0.05, 0.1) is 12.2 Å². The monoisotopic (exact) mass is 273 g/mol. The highest BCUT2D eigenvalue weighted by Gasteiger charge is 2.31. The summed E-state index contributed by atoms with van der Waals surface area (Å²) in [5.41, 5.74) is 7.03. The molecule has 1 aliphatic rings. The zero-order valence-corrected chi connectivity index (χ0v) is 11.0. The molecule has 0 aromatic carbocycles. The van der Waals surface area contributed by atoms with Crippen LogP contribution >= 0.6 is 0 Å². The number of hydrogen-bond donors (Lipinski definition) is 1. The molecule has 0 saturated carbocycles. The first kappa shape index (κ1) is 13.0. The Morgan fingerprint density at radius 1 is 1.44 bits per heavy atom. The Labute approximate surface area is 105 Å². The molecule has 2 heterocycles. The van der Waals surface area contributed by atoms with Crippen LogP contribution < -0.4 is 5.73 Å². The van der Waals surface area contributed by atoms with E-state index in [-0.39, 0.29) is 6.54 Å². The summed E-state index contributed by atoms with van der Waals surface area (Å²) in [6.45, 7) is 0.475. The van der Waals surface area contributed by atoms with Crippen molar-refractivity contribution in [1.29, 1.82) is 0 Å². The molecule has 18 heavy (non-hydrogen) atoms. The Morgan fingerprint density at radius 3 is 2.67 bits per heavy atom. The average Bonchev–Trinajstić information content (AvgIpc) is 2.65. The van der Waals surface area contributed by atoms with E-state index in [1.54, 1.807) is 0 Å². The van der Waals surface area contributed by atoms with E-state index in [1.807, 2.05) is 0 Å². The molecule has 0 aliphatic carbocycles. The van der Waals surface area contributed by atoms with Crippen molar-refractivity contribution in [1.82, 2.24) is 18.4 Å². The van der Waals surface area contributed by atoms with Crippen LogP contribution in [0, 0.1) is 0 Å². The topological polar surface area (TPSA) is 102 Å².